The minimum atomic E-state index is -0.525. The smallest absolute Gasteiger partial charge is 0.246 e. The highest BCUT2D eigenvalue weighted by Crippen LogP contribution is 2.40. The van der Waals surface area contributed by atoms with Gasteiger partial charge in [-0.2, -0.15) is 0 Å². The van der Waals surface area contributed by atoms with Gasteiger partial charge in [-0.05, 0) is 73.2 Å². The van der Waals surface area contributed by atoms with E-state index in [-0.39, 0.29) is 5.91 Å². The van der Waals surface area contributed by atoms with Crippen molar-refractivity contribution in [1.82, 2.24) is 14.9 Å². The molecule has 3 heterocycles. The van der Waals surface area contributed by atoms with Gasteiger partial charge in [-0.1, -0.05) is 29.3 Å². The molecule has 10 heteroatoms. The number of carbonyl (C=O) groups excluding carboxylic acids is 1. The Hall–Kier alpha value is -2.91. The van der Waals surface area contributed by atoms with Crippen LogP contribution in [0.15, 0.2) is 48.8 Å². The van der Waals surface area contributed by atoms with Crippen molar-refractivity contribution in [3.63, 3.8) is 0 Å². The number of piperazine rings is 1. The minimum Gasteiger partial charge on any atom is -0.497 e. The molecule has 4 aromatic rings. The number of thiophene rings is 1. The number of halogens is 2. The maximum absolute atomic E-state index is 13.7. The Balaban J connectivity index is 1.25. The number of ether oxygens (including phenoxy) is 1. The van der Waals surface area contributed by atoms with Gasteiger partial charge in [0.15, 0.2) is 0 Å². The normalized spacial score (nSPS) is 16.6. The minimum absolute atomic E-state index is 0.122. The standard InChI is InChI=1S/C29H29Cl2N5O2S/c1-38-20-9-7-19(8-10-20)34-28(37)26(18-6-11-22(30)23(31)16-18)35-12-14-36(15-13-35)27-25-21-4-2-3-5-24(21)39-29(25)33-17-32-27/h6-11,16-17,26H,2-5,12-15H2,1H3,(H,34,37). The van der Waals surface area contributed by atoms with Gasteiger partial charge in [0.05, 0.1) is 22.5 Å². The summed E-state index contributed by atoms with van der Waals surface area (Å²) in [6.07, 6.45) is 6.39. The van der Waals surface area contributed by atoms with E-state index in [0.717, 1.165) is 47.9 Å². The second kappa shape index (κ2) is 11.3. The number of amides is 1. The molecular weight excluding hydrogens is 553 g/mol. The fourth-order valence-corrected chi connectivity index (χ4v) is 7.13. The highest BCUT2D eigenvalue weighted by Gasteiger charge is 2.32. The largest absolute Gasteiger partial charge is 0.497 e. The Bertz CT molecular complexity index is 1500. The monoisotopic (exact) mass is 581 g/mol. The van der Waals surface area contributed by atoms with Crippen LogP contribution in [0.5, 0.6) is 5.75 Å². The predicted octanol–water partition coefficient (Wildman–Crippen LogP) is 6.39. The first kappa shape index (κ1) is 26.3. The van der Waals surface area contributed by atoms with Crippen LogP contribution >= 0.6 is 34.5 Å². The number of benzene rings is 2. The third-order valence-corrected chi connectivity index (χ3v) is 9.51. The van der Waals surface area contributed by atoms with Gasteiger partial charge in [-0.25, -0.2) is 9.97 Å². The molecule has 39 heavy (non-hydrogen) atoms. The number of carbonyl (C=O) groups is 1. The van der Waals surface area contributed by atoms with Crippen molar-refractivity contribution in [1.29, 1.82) is 0 Å². The van der Waals surface area contributed by atoms with Crippen molar-refractivity contribution in [2.24, 2.45) is 0 Å². The van der Waals surface area contributed by atoms with Gasteiger partial charge in [0, 0.05) is 36.7 Å². The van der Waals surface area contributed by atoms with E-state index in [1.54, 1.807) is 25.6 Å². The number of fused-ring (bicyclic) bond motifs is 3. The number of methoxy groups -OCH3 is 1. The molecule has 202 valence electrons. The molecule has 1 fully saturated rings. The number of hydrogen-bond donors (Lipinski definition) is 1. The fourth-order valence-electron chi connectivity index (χ4n) is 5.60. The van der Waals surface area contributed by atoms with Crippen molar-refractivity contribution < 1.29 is 9.53 Å². The molecule has 2 aromatic heterocycles. The quantitative estimate of drug-likeness (QED) is 0.284. The number of nitrogens with one attached hydrogen (secondary N) is 1. The Kier molecular flexibility index (Phi) is 7.62. The SMILES string of the molecule is COc1ccc(NC(=O)C(c2ccc(Cl)c(Cl)c2)N2CCN(c3ncnc4sc5c(c34)CCCC5)CC2)cc1. The van der Waals surface area contributed by atoms with Crippen molar-refractivity contribution in [2.75, 3.05) is 43.5 Å². The van der Waals surface area contributed by atoms with Crippen LogP contribution in [0.25, 0.3) is 10.2 Å². The molecule has 0 saturated carbocycles. The summed E-state index contributed by atoms with van der Waals surface area (Å²) in [5.74, 6) is 1.63. The predicted molar refractivity (Wildman–Crippen MR) is 159 cm³/mol. The zero-order valence-electron chi connectivity index (χ0n) is 21.6. The summed E-state index contributed by atoms with van der Waals surface area (Å²) < 4.78 is 5.25. The van der Waals surface area contributed by atoms with Gasteiger partial charge in [0.1, 0.15) is 28.8 Å². The maximum Gasteiger partial charge on any atom is 0.246 e. The molecule has 0 bridgehead atoms. The Morgan fingerprint density at radius 1 is 1.00 bits per heavy atom. The zero-order valence-corrected chi connectivity index (χ0v) is 24.0. The molecule has 2 aromatic carbocycles. The molecule has 7 nitrogen and oxygen atoms in total. The second-order valence-electron chi connectivity index (χ2n) is 9.91. The summed E-state index contributed by atoms with van der Waals surface area (Å²) in [4.78, 5) is 30.2. The summed E-state index contributed by atoms with van der Waals surface area (Å²) in [7, 11) is 1.62. The van der Waals surface area contributed by atoms with E-state index in [1.807, 2.05) is 41.7 Å². The number of aromatic nitrogens is 2. The zero-order chi connectivity index (χ0) is 26.9. The molecule has 1 atom stereocenters. The van der Waals surface area contributed by atoms with Crippen LogP contribution in [-0.4, -0.2) is 54.1 Å². The van der Waals surface area contributed by atoms with E-state index in [9.17, 15) is 4.79 Å². The average Bonchev–Trinajstić information content (AvgIpc) is 3.35. The number of rotatable bonds is 6. The summed E-state index contributed by atoms with van der Waals surface area (Å²) in [6.45, 7) is 2.90. The molecule has 6 rings (SSSR count). The van der Waals surface area contributed by atoms with E-state index in [2.05, 4.69) is 20.1 Å². The first-order chi connectivity index (χ1) is 19.0. The number of nitrogens with zero attached hydrogens (tertiary/aromatic N) is 4. The van der Waals surface area contributed by atoms with Gasteiger partial charge in [-0.15, -0.1) is 11.3 Å². The fraction of sp³-hybridized carbons (Fsp3) is 0.345. The van der Waals surface area contributed by atoms with Crippen molar-refractivity contribution in [2.45, 2.75) is 31.7 Å². The molecule has 1 aliphatic heterocycles. The lowest BCUT2D eigenvalue weighted by Crippen LogP contribution is -2.50. The maximum atomic E-state index is 13.7. The molecule has 1 amide bonds. The van der Waals surface area contributed by atoms with Crippen molar-refractivity contribution in [3.05, 3.63) is 74.8 Å². The van der Waals surface area contributed by atoms with Gasteiger partial charge >= 0.3 is 0 Å². The molecule has 0 radical (unpaired) electrons. The first-order valence-corrected chi connectivity index (χ1v) is 14.7. The van der Waals surface area contributed by atoms with Crippen molar-refractivity contribution >= 4 is 62.2 Å². The first-order valence-electron chi connectivity index (χ1n) is 13.2. The summed E-state index contributed by atoms with van der Waals surface area (Å²) in [5, 5.41) is 5.20. The second-order valence-corrected chi connectivity index (χ2v) is 11.8. The Morgan fingerprint density at radius 3 is 2.51 bits per heavy atom. The molecule has 1 saturated heterocycles. The lowest BCUT2D eigenvalue weighted by Gasteiger charge is -2.39. The number of hydrogen-bond acceptors (Lipinski definition) is 7. The summed E-state index contributed by atoms with van der Waals surface area (Å²) in [5.41, 5.74) is 2.95. The van der Waals surface area contributed by atoms with Crippen LogP contribution in [0.3, 0.4) is 0 Å². The third kappa shape index (κ3) is 5.31. The number of anilines is 2. The van der Waals surface area contributed by atoms with E-state index in [0.29, 0.717) is 28.8 Å². The van der Waals surface area contributed by atoms with Crippen molar-refractivity contribution in [3.8, 4) is 5.75 Å². The van der Waals surface area contributed by atoms with E-state index in [4.69, 9.17) is 32.9 Å². The highest BCUT2D eigenvalue weighted by molar-refractivity contribution is 7.19. The summed E-state index contributed by atoms with van der Waals surface area (Å²) in [6, 6.07) is 12.2. The van der Waals surface area contributed by atoms with Gasteiger partial charge in [-0.3, -0.25) is 9.69 Å². The summed E-state index contributed by atoms with van der Waals surface area (Å²) >= 11 is 14.4. The van der Waals surface area contributed by atoms with E-state index >= 15 is 0 Å². The van der Waals surface area contributed by atoms with Crippen LogP contribution in [0.1, 0.15) is 34.9 Å². The van der Waals surface area contributed by atoms with Crippen LogP contribution in [0, 0.1) is 0 Å². The van der Waals surface area contributed by atoms with Crippen LogP contribution in [0.4, 0.5) is 11.5 Å². The van der Waals surface area contributed by atoms with Gasteiger partial charge < -0.3 is 15.0 Å². The molecule has 0 spiro atoms. The lowest BCUT2D eigenvalue weighted by atomic mass is 9.97. The molecule has 1 N–H and O–H groups in total. The highest BCUT2D eigenvalue weighted by atomic mass is 35.5. The lowest BCUT2D eigenvalue weighted by molar-refractivity contribution is -0.121. The third-order valence-electron chi connectivity index (χ3n) is 7.58. The Morgan fingerprint density at radius 2 is 1.77 bits per heavy atom. The molecular formula is C29H29Cl2N5O2S. The topological polar surface area (TPSA) is 70.6 Å². The van der Waals surface area contributed by atoms with Crippen LogP contribution < -0.4 is 15.0 Å². The molecule has 1 unspecified atom stereocenters. The molecule has 1 aliphatic carbocycles. The van der Waals surface area contributed by atoms with Crippen LogP contribution in [-0.2, 0) is 17.6 Å². The van der Waals surface area contributed by atoms with E-state index in [1.165, 1.54) is 28.7 Å². The molecule has 2 aliphatic rings. The van der Waals surface area contributed by atoms with Gasteiger partial charge in [0.2, 0.25) is 5.91 Å². The number of aryl methyl sites for hydroxylation is 2. The van der Waals surface area contributed by atoms with E-state index < -0.39 is 6.04 Å². The van der Waals surface area contributed by atoms with Gasteiger partial charge in [0.25, 0.3) is 0 Å². The van der Waals surface area contributed by atoms with Crippen LogP contribution in [0.2, 0.25) is 10.0 Å². The Labute approximate surface area is 241 Å². The average molecular weight is 583 g/mol.